The van der Waals surface area contributed by atoms with Crippen molar-refractivity contribution in [2.75, 3.05) is 25.1 Å². The van der Waals surface area contributed by atoms with E-state index in [4.69, 9.17) is 21.7 Å². The number of ether oxygens (including phenoxy) is 2. The van der Waals surface area contributed by atoms with Crippen LogP contribution in [0.2, 0.25) is 0 Å². The summed E-state index contributed by atoms with van der Waals surface area (Å²) in [6.07, 6.45) is 2.20. The molecule has 8 heteroatoms. The van der Waals surface area contributed by atoms with Gasteiger partial charge < -0.3 is 20.1 Å². The van der Waals surface area contributed by atoms with E-state index in [2.05, 4.69) is 10.6 Å². The first kappa shape index (κ1) is 16.4. The van der Waals surface area contributed by atoms with Crippen LogP contribution in [0.25, 0.3) is 0 Å². The van der Waals surface area contributed by atoms with E-state index in [1.165, 1.54) is 6.07 Å². The van der Waals surface area contributed by atoms with Gasteiger partial charge >= 0.3 is 0 Å². The Bertz CT molecular complexity index is 547. The first-order valence-electron chi connectivity index (χ1n) is 7.18. The van der Waals surface area contributed by atoms with E-state index < -0.39 is 4.92 Å². The molecule has 1 aliphatic rings. The molecule has 0 aromatic heterocycles. The number of nitro groups is 1. The molecule has 120 valence electrons. The maximum Gasteiger partial charge on any atom is 0.296 e. The van der Waals surface area contributed by atoms with Gasteiger partial charge in [0.15, 0.2) is 5.11 Å². The number of rotatable bonds is 6. The smallest absolute Gasteiger partial charge is 0.296 e. The third-order valence-corrected chi connectivity index (χ3v) is 3.49. The van der Waals surface area contributed by atoms with Crippen LogP contribution in [0.15, 0.2) is 18.2 Å². The Morgan fingerprint density at radius 2 is 2.41 bits per heavy atom. The molecule has 1 heterocycles. The topological polar surface area (TPSA) is 85.7 Å². The van der Waals surface area contributed by atoms with Crippen LogP contribution in [0.1, 0.15) is 19.8 Å². The van der Waals surface area contributed by atoms with Gasteiger partial charge in [-0.3, -0.25) is 10.1 Å². The molecule has 0 bridgehead atoms. The Morgan fingerprint density at radius 1 is 1.59 bits per heavy atom. The van der Waals surface area contributed by atoms with Gasteiger partial charge in [-0.2, -0.15) is 0 Å². The Balaban J connectivity index is 1.97. The number of nitrogens with one attached hydrogen (secondary N) is 2. The van der Waals surface area contributed by atoms with Crippen molar-refractivity contribution in [2.45, 2.75) is 25.9 Å². The highest BCUT2D eigenvalue weighted by Gasteiger charge is 2.18. The van der Waals surface area contributed by atoms with Crippen molar-refractivity contribution in [3.8, 4) is 5.75 Å². The van der Waals surface area contributed by atoms with Gasteiger partial charge in [-0.25, -0.2) is 0 Å². The summed E-state index contributed by atoms with van der Waals surface area (Å²) in [6.45, 7) is 3.64. The van der Waals surface area contributed by atoms with Gasteiger partial charge in [0.1, 0.15) is 11.4 Å². The quantitative estimate of drug-likeness (QED) is 0.472. The first-order chi connectivity index (χ1) is 10.6. The van der Waals surface area contributed by atoms with Crippen LogP contribution < -0.4 is 15.4 Å². The van der Waals surface area contributed by atoms with Crippen molar-refractivity contribution in [1.82, 2.24) is 5.32 Å². The summed E-state index contributed by atoms with van der Waals surface area (Å²) >= 11 is 5.17. The fraction of sp³-hybridized carbons (Fsp3) is 0.500. The number of hydrogen-bond acceptors (Lipinski definition) is 5. The summed E-state index contributed by atoms with van der Waals surface area (Å²) in [4.78, 5) is 10.7. The predicted octanol–water partition coefficient (Wildman–Crippen LogP) is 2.46. The molecule has 0 radical (unpaired) electrons. The molecule has 2 rings (SSSR count). The third kappa shape index (κ3) is 4.54. The minimum absolute atomic E-state index is 0.0767. The number of hydrogen-bond donors (Lipinski definition) is 2. The average molecular weight is 325 g/mol. The zero-order chi connectivity index (χ0) is 15.9. The molecule has 1 saturated heterocycles. The highest BCUT2D eigenvalue weighted by molar-refractivity contribution is 7.80. The van der Waals surface area contributed by atoms with Crippen LogP contribution in [0.3, 0.4) is 0 Å². The van der Waals surface area contributed by atoms with Gasteiger partial charge in [0.25, 0.3) is 5.69 Å². The molecule has 1 fully saturated rings. The Kier molecular flexibility index (Phi) is 5.91. The summed E-state index contributed by atoms with van der Waals surface area (Å²) in [7, 11) is 0. The summed E-state index contributed by atoms with van der Waals surface area (Å²) in [5.74, 6) is 0.456. The van der Waals surface area contributed by atoms with E-state index in [0.717, 1.165) is 19.4 Å². The molecule has 7 nitrogen and oxygen atoms in total. The van der Waals surface area contributed by atoms with Gasteiger partial charge in [0.2, 0.25) is 0 Å². The standard InChI is InChI=1S/C14H19N3O4S/c1-2-20-10-5-6-12(13(8-10)17(18)19)16-14(22)15-9-11-4-3-7-21-11/h5-6,8,11H,2-4,7,9H2,1H3,(H2,15,16,22). The zero-order valence-corrected chi connectivity index (χ0v) is 13.1. The zero-order valence-electron chi connectivity index (χ0n) is 12.3. The molecular weight excluding hydrogens is 306 g/mol. The van der Waals surface area contributed by atoms with Crippen molar-refractivity contribution in [2.24, 2.45) is 0 Å². The fourth-order valence-electron chi connectivity index (χ4n) is 2.20. The monoisotopic (exact) mass is 325 g/mol. The maximum atomic E-state index is 11.2. The van der Waals surface area contributed by atoms with Crippen LogP contribution in [0.4, 0.5) is 11.4 Å². The fourth-order valence-corrected chi connectivity index (χ4v) is 2.40. The van der Waals surface area contributed by atoms with Gasteiger partial charge in [0.05, 0.1) is 23.7 Å². The number of nitro benzene ring substituents is 1. The van der Waals surface area contributed by atoms with E-state index >= 15 is 0 Å². The van der Waals surface area contributed by atoms with Crippen LogP contribution in [-0.2, 0) is 4.74 Å². The second kappa shape index (κ2) is 7.90. The molecule has 1 unspecified atom stereocenters. The molecular formula is C14H19N3O4S. The maximum absolute atomic E-state index is 11.2. The predicted molar refractivity (Wildman–Crippen MR) is 87.5 cm³/mol. The van der Waals surface area contributed by atoms with Crippen molar-refractivity contribution in [3.63, 3.8) is 0 Å². The number of nitrogens with zero attached hydrogens (tertiary/aromatic N) is 1. The summed E-state index contributed by atoms with van der Waals surface area (Å²) in [5, 5.41) is 17.4. The number of anilines is 1. The van der Waals surface area contributed by atoms with Gasteiger partial charge in [0, 0.05) is 13.2 Å². The Labute approximate surface area is 134 Å². The SMILES string of the molecule is CCOc1ccc(NC(=S)NCC2CCCO2)c([N+](=O)[O-])c1. The van der Waals surface area contributed by atoms with E-state index in [1.54, 1.807) is 12.1 Å². The molecule has 0 amide bonds. The minimum atomic E-state index is -0.465. The average Bonchev–Trinajstić information content (AvgIpc) is 3.00. The molecule has 0 aliphatic carbocycles. The Morgan fingerprint density at radius 3 is 3.05 bits per heavy atom. The highest BCUT2D eigenvalue weighted by atomic mass is 32.1. The van der Waals surface area contributed by atoms with E-state index in [0.29, 0.717) is 29.7 Å². The van der Waals surface area contributed by atoms with Crippen molar-refractivity contribution in [1.29, 1.82) is 0 Å². The van der Waals surface area contributed by atoms with Crippen LogP contribution >= 0.6 is 12.2 Å². The highest BCUT2D eigenvalue weighted by Crippen LogP contribution is 2.29. The lowest BCUT2D eigenvalue weighted by Crippen LogP contribution is -2.34. The molecule has 1 aromatic rings. The van der Waals surface area contributed by atoms with Crippen molar-refractivity contribution < 1.29 is 14.4 Å². The summed E-state index contributed by atoms with van der Waals surface area (Å²) < 4.78 is 10.8. The first-order valence-corrected chi connectivity index (χ1v) is 7.58. The molecule has 2 N–H and O–H groups in total. The van der Waals surface area contributed by atoms with Gasteiger partial charge in [-0.1, -0.05) is 0 Å². The molecule has 1 atom stereocenters. The second-order valence-electron chi connectivity index (χ2n) is 4.84. The van der Waals surface area contributed by atoms with Crippen LogP contribution in [-0.4, -0.2) is 35.9 Å². The van der Waals surface area contributed by atoms with Crippen LogP contribution in [0, 0.1) is 10.1 Å². The van der Waals surface area contributed by atoms with Gasteiger partial charge in [-0.05, 0) is 44.1 Å². The molecule has 22 heavy (non-hydrogen) atoms. The van der Waals surface area contributed by atoms with Crippen molar-refractivity contribution >= 4 is 28.7 Å². The lowest BCUT2D eigenvalue weighted by molar-refractivity contribution is -0.384. The number of benzene rings is 1. The molecule has 0 saturated carbocycles. The third-order valence-electron chi connectivity index (χ3n) is 3.24. The van der Waals surface area contributed by atoms with E-state index in [9.17, 15) is 10.1 Å². The second-order valence-corrected chi connectivity index (χ2v) is 5.25. The lowest BCUT2D eigenvalue weighted by atomic mass is 10.2. The minimum Gasteiger partial charge on any atom is -0.494 e. The van der Waals surface area contributed by atoms with Crippen molar-refractivity contribution in [3.05, 3.63) is 28.3 Å². The van der Waals surface area contributed by atoms with E-state index in [-0.39, 0.29) is 11.8 Å². The number of thiocarbonyl (C=S) groups is 1. The normalized spacial score (nSPS) is 17.0. The Hall–Kier alpha value is -1.93. The summed E-state index contributed by atoms with van der Waals surface area (Å²) in [6, 6.07) is 4.64. The lowest BCUT2D eigenvalue weighted by Gasteiger charge is -2.14. The summed E-state index contributed by atoms with van der Waals surface area (Å²) in [5.41, 5.74) is 0.255. The molecule has 1 aliphatic heterocycles. The van der Waals surface area contributed by atoms with Crippen LogP contribution in [0.5, 0.6) is 5.75 Å². The van der Waals surface area contributed by atoms with E-state index in [1.807, 2.05) is 6.92 Å². The largest absolute Gasteiger partial charge is 0.494 e. The van der Waals surface area contributed by atoms with Gasteiger partial charge in [-0.15, -0.1) is 0 Å². The molecule has 1 aromatic carbocycles. The molecule has 0 spiro atoms.